The Kier molecular flexibility index (Phi) is 3.95. The Morgan fingerprint density at radius 3 is 2.59 bits per heavy atom. The summed E-state index contributed by atoms with van der Waals surface area (Å²) in [7, 11) is 0. The van der Waals surface area contributed by atoms with Gasteiger partial charge in [0.2, 0.25) is 11.8 Å². The number of anilines is 3. The number of amides is 1. The van der Waals surface area contributed by atoms with E-state index in [4.69, 9.17) is 5.73 Å². The van der Waals surface area contributed by atoms with Crippen LogP contribution in [0.1, 0.15) is 30.4 Å². The van der Waals surface area contributed by atoms with Crippen LogP contribution < -0.4 is 16.0 Å². The molecule has 2 aromatic rings. The van der Waals surface area contributed by atoms with Gasteiger partial charge < -0.3 is 16.0 Å². The number of nitrogen functional groups attached to an aromatic ring is 1. The summed E-state index contributed by atoms with van der Waals surface area (Å²) in [5.74, 6) is 0.610. The lowest BCUT2D eigenvalue weighted by atomic mass is 9.99. The van der Waals surface area contributed by atoms with E-state index in [1.807, 2.05) is 24.3 Å². The number of nitrogens with one attached hydrogen (secondary N) is 2. The molecule has 1 aromatic heterocycles. The summed E-state index contributed by atoms with van der Waals surface area (Å²) >= 11 is 0. The summed E-state index contributed by atoms with van der Waals surface area (Å²) in [5, 5.41) is 8.88. The summed E-state index contributed by atoms with van der Waals surface area (Å²) in [6.45, 7) is 4.47. The highest BCUT2D eigenvalue weighted by atomic mass is 16.2. The van der Waals surface area contributed by atoms with Gasteiger partial charge in [-0.1, -0.05) is 6.92 Å². The van der Waals surface area contributed by atoms with Crippen LogP contribution in [-0.4, -0.2) is 34.2 Å². The van der Waals surface area contributed by atoms with Crippen LogP contribution in [0.25, 0.3) is 0 Å². The number of hydrogen-bond acceptors (Lipinski definition) is 5. The second-order valence-electron chi connectivity index (χ2n) is 5.71. The first kappa shape index (κ1) is 14.4. The molecule has 7 nitrogen and oxygen atoms in total. The molecule has 1 saturated heterocycles. The number of aromatic amines is 1. The lowest BCUT2D eigenvalue weighted by molar-refractivity contribution is 0.101. The van der Waals surface area contributed by atoms with Crippen molar-refractivity contribution in [2.24, 2.45) is 5.92 Å². The minimum Gasteiger partial charge on any atom is -0.372 e. The van der Waals surface area contributed by atoms with E-state index in [0.717, 1.165) is 19.0 Å². The third-order valence-corrected chi connectivity index (χ3v) is 3.99. The van der Waals surface area contributed by atoms with Crippen LogP contribution >= 0.6 is 0 Å². The third kappa shape index (κ3) is 3.19. The number of nitrogens with zero attached hydrogens (tertiary/aromatic N) is 3. The molecule has 0 unspecified atom stereocenters. The maximum absolute atomic E-state index is 11.9. The molecule has 1 fully saturated rings. The first-order valence-electron chi connectivity index (χ1n) is 7.46. The van der Waals surface area contributed by atoms with Crippen molar-refractivity contribution >= 4 is 23.2 Å². The van der Waals surface area contributed by atoms with Crippen LogP contribution in [-0.2, 0) is 0 Å². The van der Waals surface area contributed by atoms with Gasteiger partial charge in [-0.2, -0.15) is 4.98 Å². The van der Waals surface area contributed by atoms with Gasteiger partial charge in [-0.05, 0) is 43.0 Å². The molecule has 1 aliphatic rings. The Hall–Kier alpha value is -2.57. The van der Waals surface area contributed by atoms with Gasteiger partial charge in [0.25, 0.3) is 5.91 Å². The molecule has 4 N–H and O–H groups in total. The molecule has 7 heteroatoms. The number of aromatic nitrogens is 3. The zero-order valence-corrected chi connectivity index (χ0v) is 12.5. The van der Waals surface area contributed by atoms with Crippen molar-refractivity contribution < 1.29 is 4.79 Å². The highest BCUT2D eigenvalue weighted by Crippen LogP contribution is 2.24. The zero-order valence-electron chi connectivity index (χ0n) is 12.5. The van der Waals surface area contributed by atoms with Crippen molar-refractivity contribution in [3.05, 3.63) is 30.1 Å². The predicted octanol–water partition coefficient (Wildman–Crippen LogP) is 1.88. The zero-order chi connectivity index (χ0) is 15.5. The molecular weight excluding hydrogens is 280 g/mol. The van der Waals surface area contributed by atoms with Crippen LogP contribution in [0.15, 0.2) is 24.3 Å². The van der Waals surface area contributed by atoms with Gasteiger partial charge in [-0.3, -0.25) is 9.89 Å². The van der Waals surface area contributed by atoms with Gasteiger partial charge in [0, 0.05) is 24.5 Å². The highest BCUT2D eigenvalue weighted by molar-refractivity contribution is 6.01. The molecule has 3 rings (SSSR count). The van der Waals surface area contributed by atoms with Gasteiger partial charge in [0.05, 0.1) is 0 Å². The number of hydrogen-bond donors (Lipinski definition) is 3. The molecule has 1 amide bonds. The van der Waals surface area contributed by atoms with E-state index in [-0.39, 0.29) is 17.7 Å². The van der Waals surface area contributed by atoms with Crippen LogP contribution in [0.5, 0.6) is 0 Å². The second kappa shape index (κ2) is 6.05. The van der Waals surface area contributed by atoms with Gasteiger partial charge in [0.15, 0.2) is 0 Å². The van der Waals surface area contributed by atoms with E-state index in [1.165, 1.54) is 18.5 Å². The third-order valence-electron chi connectivity index (χ3n) is 3.99. The molecule has 22 heavy (non-hydrogen) atoms. The van der Waals surface area contributed by atoms with Gasteiger partial charge >= 0.3 is 0 Å². The van der Waals surface area contributed by atoms with Crippen molar-refractivity contribution in [2.75, 3.05) is 29.0 Å². The fourth-order valence-corrected chi connectivity index (χ4v) is 2.59. The average Bonchev–Trinajstić information content (AvgIpc) is 2.96. The number of carbonyl (C=O) groups excluding carboxylic acids is 1. The largest absolute Gasteiger partial charge is 0.372 e. The van der Waals surface area contributed by atoms with Crippen LogP contribution in [0.4, 0.5) is 17.3 Å². The molecule has 0 atom stereocenters. The van der Waals surface area contributed by atoms with E-state index < -0.39 is 0 Å². The molecule has 2 heterocycles. The summed E-state index contributed by atoms with van der Waals surface area (Å²) < 4.78 is 0. The van der Waals surface area contributed by atoms with Gasteiger partial charge in [0.1, 0.15) is 0 Å². The van der Waals surface area contributed by atoms with Crippen LogP contribution in [0.3, 0.4) is 0 Å². The van der Waals surface area contributed by atoms with E-state index in [0.29, 0.717) is 5.69 Å². The number of benzene rings is 1. The lowest BCUT2D eigenvalue weighted by Gasteiger charge is -2.32. The maximum Gasteiger partial charge on any atom is 0.293 e. The molecular formula is C15H20N6O. The van der Waals surface area contributed by atoms with Crippen molar-refractivity contribution in [2.45, 2.75) is 19.8 Å². The summed E-state index contributed by atoms with van der Waals surface area (Å²) in [6.07, 6.45) is 2.46. The summed E-state index contributed by atoms with van der Waals surface area (Å²) in [5.41, 5.74) is 7.29. The fraction of sp³-hybridized carbons (Fsp3) is 0.400. The molecule has 0 bridgehead atoms. The molecule has 1 aromatic carbocycles. The van der Waals surface area contributed by atoms with E-state index in [2.05, 4.69) is 32.3 Å². The molecule has 116 valence electrons. The first-order chi connectivity index (χ1) is 10.6. The number of nitrogens with two attached hydrogens (primary N) is 1. The molecule has 0 aliphatic carbocycles. The monoisotopic (exact) mass is 300 g/mol. The Morgan fingerprint density at radius 2 is 2.00 bits per heavy atom. The van der Waals surface area contributed by atoms with E-state index in [1.54, 1.807) is 0 Å². The van der Waals surface area contributed by atoms with Crippen molar-refractivity contribution in [3.63, 3.8) is 0 Å². The molecule has 0 radical (unpaired) electrons. The SMILES string of the molecule is CC1CCN(c2ccc(NC(=O)c3nc(N)n[nH]3)cc2)CC1. The second-order valence-corrected chi connectivity index (χ2v) is 5.71. The fourth-order valence-electron chi connectivity index (χ4n) is 2.59. The van der Waals surface area contributed by atoms with Crippen LogP contribution in [0, 0.1) is 5.92 Å². The van der Waals surface area contributed by atoms with E-state index >= 15 is 0 Å². The Bertz CT molecular complexity index is 642. The Labute approximate surface area is 128 Å². The lowest BCUT2D eigenvalue weighted by Crippen LogP contribution is -2.32. The molecule has 0 saturated carbocycles. The first-order valence-corrected chi connectivity index (χ1v) is 7.46. The molecule has 0 spiro atoms. The normalized spacial score (nSPS) is 15.8. The minimum absolute atomic E-state index is 0.0554. The number of carbonyl (C=O) groups is 1. The maximum atomic E-state index is 11.9. The highest BCUT2D eigenvalue weighted by Gasteiger charge is 2.16. The quantitative estimate of drug-likeness (QED) is 0.803. The Morgan fingerprint density at radius 1 is 1.32 bits per heavy atom. The summed E-state index contributed by atoms with van der Waals surface area (Å²) in [6, 6.07) is 7.84. The average molecular weight is 300 g/mol. The van der Waals surface area contributed by atoms with E-state index in [9.17, 15) is 4.79 Å². The Balaban J connectivity index is 1.63. The van der Waals surface area contributed by atoms with Gasteiger partial charge in [-0.15, -0.1) is 5.10 Å². The number of piperidine rings is 1. The van der Waals surface area contributed by atoms with Crippen molar-refractivity contribution in [1.29, 1.82) is 0 Å². The standard InChI is InChI=1S/C15H20N6O/c1-10-6-8-21(9-7-10)12-4-2-11(3-5-12)17-14(22)13-18-15(16)20-19-13/h2-5,10H,6-9H2,1H3,(H,17,22)(H3,16,18,19,20). The molecule has 1 aliphatic heterocycles. The van der Waals surface area contributed by atoms with Crippen LogP contribution in [0.2, 0.25) is 0 Å². The van der Waals surface area contributed by atoms with Crippen molar-refractivity contribution in [3.8, 4) is 0 Å². The van der Waals surface area contributed by atoms with Crippen molar-refractivity contribution in [1.82, 2.24) is 15.2 Å². The summed E-state index contributed by atoms with van der Waals surface area (Å²) in [4.78, 5) is 18.1. The number of rotatable bonds is 3. The number of H-pyrrole nitrogens is 1. The predicted molar refractivity (Wildman–Crippen MR) is 85.8 cm³/mol. The minimum atomic E-state index is -0.358. The van der Waals surface area contributed by atoms with Gasteiger partial charge in [-0.25, -0.2) is 0 Å². The topological polar surface area (TPSA) is 99.9 Å². The smallest absolute Gasteiger partial charge is 0.293 e.